The number of anilines is 1. The quantitative estimate of drug-likeness (QED) is 0.528. The van der Waals surface area contributed by atoms with E-state index in [2.05, 4.69) is 0 Å². The van der Waals surface area contributed by atoms with Crippen LogP contribution in [0.15, 0.2) is 48.1 Å². The fourth-order valence-corrected chi connectivity index (χ4v) is 8.17. The molecule has 6 nitrogen and oxygen atoms in total. The number of carbonyl (C=O) groups excluding carboxylic acids is 1. The lowest BCUT2D eigenvalue weighted by atomic mass is 9.45. The Bertz CT molecular complexity index is 1170. The first-order chi connectivity index (χ1) is 16.8. The van der Waals surface area contributed by atoms with E-state index in [1.807, 2.05) is 13.0 Å². The van der Waals surface area contributed by atoms with Crippen LogP contribution in [-0.4, -0.2) is 51.7 Å². The fourth-order valence-electron chi connectivity index (χ4n) is 8.17. The molecule has 36 heavy (non-hydrogen) atoms. The minimum Gasteiger partial charge on any atom is -0.481 e. The Morgan fingerprint density at radius 1 is 1.22 bits per heavy atom. The predicted molar refractivity (Wildman–Crippen MR) is 129 cm³/mol. The van der Waals surface area contributed by atoms with E-state index in [0.717, 1.165) is 16.7 Å². The molecule has 0 spiro atoms. The van der Waals surface area contributed by atoms with Crippen molar-refractivity contribution in [2.24, 2.45) is 34.5 Å². The number of ketones is 1. The molecule has 5 rings (SSSR count). The van der Waals surface area contributed by atoms with E-state index in [4.69, 9.17) is 0 Å². The summed E-state index contributed by atoms with van der Waals surface area (Å²) in [6, 6.07) is 7.20. The van der Waals surface area contributed by atoms with Crippen molar-refractivity contribution in [3.63, 3.8) is 0 Å². The molecule has 0 aliphatic heterocycles. The zero-order valence-corrected chi connectivity index (χ0v) is 20.7. The van der Waals surface area contributed by atoms with Crippen LogP contribution in [0.3, 0.4) is 0 Å². The molecule has 1 aromatic carbocycles. The highest BCUT2D eigenvalue weighted by atomic mass is 19.1. The summed E-state index contributed by atoms with van der Waals surface area (Å²) in [6.07, 6.45) is 0.593. The first-order valence-electron chi connectivity index (χ1n) is 12.5. The maximum absolute atomic E-state index is 17.2. The van der Waals surface area contributed by atoms with Crippen LogP contribution in [0.4, 0.5) is 14.5 Å². The summed E-state index contributed by atoms with van der Waals surface area (Å²) in [6.45, 7) is 5.19. The zero-order valence-electron chi connectivity index (χ0n) is 20.7. The van der Waals surface area contributed by atoms with Gasteiger partial charge in [0.1, 0.15) is 6.17 Å². The number of fused-ring (bicyclic) bond motifs is 5. The van der Waals surface area contributed by atoms with E-state index in [-0.39, 0.29) is 31.4 Å². The van der Waals surface area contributed by atoms with Crippen molar-refractivity contribution in [3.05, 3.63) is 53.6 Å². The third-order valence-electron chi connectivity index (χ3n) is 9.77. The number of hydrogen-bond acceptors (Lipinski definition) is 5. The highest BCUT2D eigenvalue weighted by Gasteiger charge is 2.73. The maximum atomic E-state index is 17.2. The smallest absolute Gasteiger partial charge is 0.307 e. The van der Waals surface area contributed by atoms with Crippen LogP contribution < -0.4 is 5.06 Å². The van der Waals surface area contributed by atoms with Crippen molar-refractivity contribution in [1.29, 1.82) is 0 Å². The van der Waals surface area contributed by atoms with Gasteiger partial charge in [0.2, 0.25) is 0 Å². The van der Waals surface area contributed by atoms with E-state index in [1.54, 1.807) is 25.1 Å². The Morgan fingerprint density at radius 3 is 2.61 bits per heavy atom. The molecule has 0 radical (unpaired) electrons. The molecule has 194 valence electrons. The molecule has 3 saturated carbocycles. The fraction of sp³-hybridized carbons (Fsp3) is 0.571. The molecule has 3 N–H and O–H groups in total. The van der Waals surface area contributed by atoms with Gasteiger partial charge in [0.25, 0.3) is 0 Å². The maximum Gasteiger partial charge on any atom is 0.307 e. The number of aliphatic hydroxyl groups is 1. The van der Waals surface area contributed by atoms with Gasteiger partial charge in [-0.3, -0.25) is 19.9 Å². The molecule has 1 aromatic rings. The largest absolute Gasteiger partial charge is 0.481 e. The highest BCUT2D eigenvalue weighted by Crippen LogP contribution is 2.70. The van der Waals surface area contributed by atoms with E-state index in [1.165, 1.54) is 19.1 Å². The summed E-state index contributed by atoms with van der Waals surface area (Å²) in [4.78, 5) is 24.6. The third kappa shape index (κ3) is 3.33. The molecule has 0 bridgehead atoms. The van der Waals surface area contributed by atoms with Gasteiger partial charge >= 0.3 is 5.97 Å². The minimum atomic E-state index is -2.25. The zero-order chi connectivity index (χ0) is 26.2. The molecular formula is C28H33F2NO5. The Kier molecular flexibility index (Phi) is 5.72. The number of aliphatic hydroxyl groups excluding tert-OH is 1. The number of carboxylic acid groups (broad SMARTS) is 1. The SMILES string of the molecule is Cc1cccc(N(O)C[C@@H]2CC3[C@@H]4C[C@H](F)C5=CC(=O)C=C[C@]5(C)[C@@]4(F)[C@@H](O)C[C@]3(C)[C@H]2C(=O)O)c1. The van der Waals surface area contributed by atoms with Crippen LogP contribution in [0.1, 0.15) is 38.7 Å². The molecule has 0 aromatic heterocycles. The van der Waals surface area contributed by atoms with Gasteiger partial charge in [0, 0.05) is 17.9 Å². The van der Waals surface area contributed by atoms with Crippen LogP contribution in [0.2, 0.25) is 0 Å². The van der Waals surface area contributed by atoms with Gasteiger partial charge in [-0.25, -0.2) is 8.78 Å². The molecule has 3 fully saturated rings. The molecule has 1 unspecified atom stereocenters. The number of hydrogen-bond donors (Lipinski definition) is 3. The van der Waals surface area contributed by atoms with E-state index >= 15 is 8.78 Å². The Morgan fingerprint density at radius 2 is 1.94 bits per heavy atom. The summed E-state index contributed by atoms with van der Waals surface area (Å²) < 4.78 is 32.8. The first kappa shape index (κ1) is 25.1. The minimum absolute atomic E-state index is 0.0183. The molecule has 4 aliphatic rings. The number of aryl methyl sites for hydroxylation is 1. The number of carbonyl (C=O) groups is 2. The molecular weight excluding hydrogens is 468 g/mol. The second-order valence-corrected chi connectivity index (χ2v) is 11.7. The number of halogens is 2. The molecule has 4 aliphatic carbocycles. The first-order valence-corrected chi connectivity index (χ1v) is 12.5. The molecule has 9 atom stereocenters. The number of nitrogens with zero attached hydrogens (tertiary/aromatic N) is 1. The molecule has 0 amide bonds. The van der Waals surface area contributed by atoms with E-state index in [9.17, 15) is 25.0 Å². The van der Waals surface area contributed by atoms with Crippen LogP contribution in [0.25, 0.3) is 0 Å². The van der Waals surface area contributed by atoms with E-state index < -0.39 is 64.2 Å². The molecule has 8 heteroatoms. The number of aliphatic carboxylic acids is 1. The molecule has 0 saturated heterocycles. The standard InChI is InChI=1S/C28H33F2NO5/c1-15-5-4-6-17(9-15)31(36)14-16-10-19-20-12-22(29)21-11-18(32)7-8-27(21,3)28(20,30)23(33)13-26(19,2)24(16)25(34)35/h4-9,11,16,19-20,22-24,33,36H,10,12-14H2,1-3H3,(H,34,35)/t16-,19?,20-,22-,23-,24+,26-,27-,28-/m0/s1. The van der Waals surface area contributed by atoms with Gasteiger partial charge in [-0.1, -0.05) is 25.1 Å². The van der Waals surface area contributed by atoms with Crippen LogP contribution in [0.5, 0.6) is 0 Å². The topological polar surface area (TPSA) is 98.1 Å². The number of carboxylic acids is 1. The van der Waals surface area contributed by atoms with Crippen molar-refractivity contribution in [2.75, 3.05) is 11.6 Å². The van der Waals surface area contributed by atoms with Crippen molar-refractivity contribution >= 4 is 17.4 Å². The van der Waals surface area contributed by atoms with Gasteiger partial charge < -0.3 is 10.2 Å². The third-order valence-corrected chi connectivity index (χ3v) is 9.77. The summed E-state index contributed by atoms with van der Waals surface area (Å²) >= 11 is 0. The van der Waals surface area contributed by atoms with Crippen molar-refractivity contribution < 1.29 is 33.8 Å². The molecule has 0 heterocycles. The predicted octanol–water partition coefficient (Wildman–Crippen LogP) is 4.44. The lowest BCUT2D eigenvalue weighted by molar-refractivity contribution is -0.204. The van der Waals surface area contributed by atoms with Gasteiger partial charge in [0.05, 0.1) is 17.7 Å². The monoisotopic (exact) mass is 501 g/mol. The van der Waals surface area contributed by atoms with Gasteiger partial charge in [-0.2, -0.15) is 0 Å². The Hall–Kier alpha value is -2.58. The lowest BCUT2D eigenvalue weighted by Gasteiger charge is -2.62. The van der Waals surface area contributed by atoms with Crippen LogP contribution in [-0.2, 0) is 9.59 Å². The average Bonchev–Trinajstić information content (AvgIpc) is 3.08. The summed E-state index contributed by atoms with van der Waals surface area (Å²) in [7, 11) is 0. The number of alkyl halides is 2. The summed E-state index contributed by atoms with van der Waals surface area (Å²) in [5.74, 6) is -4.43. The van der Waals surface area contributed by atoms with Crippen molar-refractivity contribution in [3.8, 4) is 0 Å². The van der Waals surface area contributed by atoms with Crippen LogP contribution >= 0.6 is 0 Å². The Labute approximate surface area is 209 Å². The van der Waals surface area contributed by atoms with E-state index in [0.29, 0.717) is 5.69 Å². The Balaban J connectivity index is 1.53. The number of allylic oxidation sites excluding steroid dienone is 4. The summed E-state index contributed by atoms with van der Waals surface area (Å²) in [5, 5.41) is 33.4. The second kappa shape index (κ2) is 8.21. The highest BCUT2D eigenvalue weighted by molar-refractivity contribution is 6.01. The normalized spacial score (nSPS) is 43.3. The average molecular weight is 502 g/mol. The number of rotatable bonds is 4. The van der Waals surface area contributed by atoms with Crippen molar-refractivity contribution in [1.82, 2.24) is 0 Å². The van der Waals surface area contributed by atoms with Crippen molar-refractivity contribution in [2.45, 2.75) is 58.0 Å². The number of hydroxylamine groups is 1. The number of benzene rings is 1. The lowest BCUT2D eigenvalue weighted by Crippen LogP contribution is -2.68. The van der Waals surface area contributed by atoms with Gasteiger partial charge in [-0.15, -0.1) is 0 Å². The second-order valence-electron chi connectivity index (χ2n) is 11.7. The van der Waals surface area contributed by atoms with Gasteiger partial charge in [-0.05, 0) is 85.8 Å². The van der Waals surface area contributed by atoms with Gasteiger partial charge in [0.15, 0.2) is 11.5 Å². The summed E-state index contributed by atoms with van der Waals surface area (Å²) in [5.41, 5.74) is -3.25. The van der Waals surface area contributed by atoms with Crippen LogP contribution in [0, 0.1) is 41.4 Å².